The number of anilines is 2. The van der Waals surface area contributed by atoms with Gasteiger partial charge >= 0.3 is 6.03 Å². The number of fused-ring (bicyclic) bond motifs is 1. The van der Waals surface area contributed by atoms with E-state index in [-0.39, 0.29) is 5.91 Å². The highest BCUT2D eigenvalue weighted by Crippen LogP contribution is 2.28. The number of primary amides is 1. The van der Waals surface area contributed by atoms with Gasteiger partial charge in [0.25, 0.3) is 5.91 Å². The standard InChI is InChI=1S/C25H22N4O2/c1-15-10-11-19(16(2)12-15)23-14-21(20-8-3-4-9-22(20)29-23)24(30)27-17-6-5-7-18(13-17)28-25(26)31/h3-14H,1-2H3,(H,27,30)(H3,26,28,31). The van der Waals surface area contributed by atoms with Crippen molar-refractivity contribution < 1.29 is 9.59 Å². The molecular weight excluding hydrogens is 388 g/mol. The van der Waals surface area contributed by atoms with Gasteiger partial charge in [0, 0.05) is 22.3 Å². The van der Waals surface area contributed by atoms with Crippen molar-refractivity contribution in [1.82, 2.24) is 4.98 Å². The normalized spacial score (nSPS) is 10.6. The van der Waals surface area contributed by atoms with Crippen LogP contribution in [-0.2, 0) is 0 Å². The number of hydrogen-bond donors (Lipinski definition) is 3. The molecule has 6 nitrogen and oxygen atoms in total. The molecule has 1 heterocycles. The summed E-state index contributed by atoms with van der Waals surface area (Å²) in [5.74, 6) is -0.263. The zero-order valence-electron chi connectivity index (χ0n) is 17.3. The van der Waals surface area contributed by atoms with Crippen molar-refractivity contribution in [1.29, 1.82) is 0 Å². The van der Waals surface area contributed by atoms with E-state index in [4.69, 9.17) is 10.7 Å². The molecule has 6 heteroatoms. The first kappa shape index (κ1) is 20.1. The predicted molar refractivity (Wildman–Crippen MR) is 124 cm³/mol. The first-order chi connectivity index (χ1) is 14.9. The van der Waals surface area contributed by atoms with Crippen LogP contribution in [0.4, 0.5) is 16.2 Å². The number of nitrogens with two attached hydrogens (primary N) is 1. The molecule has 0 aliphatic heterocycles. The second-order valence-electron chi connectivity index (χ2n) is 7.41. The van der Waals surface area contributed by atoms with Gasteiger partial charge in [0.2, 0.25) is 0 Å². The minimum Gasteiger partial charge on any atom is -0.351 e. The maximum atomic E-state index is 13.2. The lowest BCUT2D eigenvalue weighted by atomic mass is 9.99. The van der Waals surface area contributed by atoms with Gasteiger partial charge in [0.1, 0.15) is 0 Å². The molecule has 0 atom stereocenters. The molecule has 4 N–H and O–H groups in total. The van der Waals surface area contributed by atoms with Crippen LogP contribution in [-0.4, -0.2) is 16.9 Å². The largest absolute Gasteiger partial charge is 0.351 e. The maximum Gasteiger partial charge on any atom is 0.316 e. The van der Waals surface area contributed by atoms with E-state index in [9.17, 15) is 9.59 Å². The molecule has 0 saturated carbocycles. The molecule has 4 rings (SSSR count). The average Bonchev–Trinajstić information content (AvgIpc) is 2.72. The number of carbonyl (C=O) groups excluding carboxylic acids is 2. The Hall–Kier alpha value is -4.19. The fourth-order valence-corrected chi connectivity index (χ4v) is 3.62. The second kappa shape index (κ2) is 8.28. The van der Waals surface area contributed by atoms with E-state index >= 15 is 0 Å². The van der Waals surface area contributed by atoms with E-state index in [0.717, 1.165) is 27.7 Å². The van der Waals surface area contributed by atoms with Gasteiger partial charge in [0.05, 0.1) is 16.8 Å². The van der Waals surface area contributed by atoms with Gasteiger partial charge in [-0.05, 0) is 49.7 Å². The molecule has 1 aromatic heterocycles. The Morgan fingerprint density at radius 1 is 0.839 bits per heavy atom. The number of aryl methyl sites for hydroxylation is 2. The van der Waals surface area contributed by atoms with Crippen molar-refractivity contribution in [2.45, 2.75) is 13.8 Å². The molecule has 0 saturated heterocycles. The number of hydrogen-bond acceptors (Lipinski definition) is 3. The fraction of sp³-hybridized carbons (Fsp3) is 0.0800. The number of rotatable bonds is 4. The van der Waals surface area contributed by atoms with E-state index in [1.807, 2.05) is 56.3 Å². The molecule has 0 unspecified atom stereocenters. The molecule has 0 spiro atoms. The monoisotopic (exact) mass is 410 g/mol. The number of amides is 3. The Labute approximate surface area is 180 Å². The highest BCUT2D eigenvalue weighted by atomic mass is 16.2. The van der Waals surface area contributed by atoms with Gasteiger partial charge in [-0.25, -0.2) is 9.78 Å². The number of aromatic nitrogens is 1. The van der Waals surface area contributed by atoms with Crippen molar-refractivity contribution in [3.8, 4) is 11.3 Å². The van der Waals surface area contributed by atoms with Crippen LogP contribution in [0.2, 0.25) is 0 Å². The lowest BCUT2D eigenvalue weighted by Gasteiger charge is -2.13. The molecule has 154 valence electrons. The summed E-state index contributed by atoms with van der Waals surface area (Å²) in [7, 11) is 0. The topological polar surface area (TPSA) is 97.1 Å². The van der Waals surface area contributed by atoms with Crippen molar-refractivity contribution >= 4 is 34.2 Å². The fourth-order valence-electron chi connectivity index (χ4n) is 3.62. The van der Waals surface area contributed by atoms with Gasteiger partial charge in [-0.2, -0.15) is 0 Å². The van der Waals surface area contributed by atoms with Gasteiger partial charge in [-0.15, -0.1) is 0 Å². The molecule has 3 amide bonds. The maximum absolute atomic E-state index is 13.2. The molecule has 0 aliphatic rings. The van der Waals surface area contributed by atoms with Crippen LogP contribution in [0, 0.1) is 13.8 Å². The molecule has 31 heavy (non-hydrogen) atoms. The van der Waals surface area contributed by atoms with Crippen molar-refractivity contribution in [2.24, 2.45) is 5.73 Å². The second-order valence-corrected chi connectivity index (χ2v) is 7.41. The summed E-state index contributed by atoms with van der Waals surface area (Å²) >= 11 is 0. The third-order valence-corrected chi connectivity index (χ3v) is 5.01. The Balaban J connectivity index is 1.76. The van der Waals surface area contributed by atoms with Crippen LogP contribution < -0.4 is 16.4 Å². The Bertz CT molecular complexity index is 1310. The Morgan fingerprint density at radius 3 is 2.32 bits per heavy atom. The summed E-state index contributed by atoms with van der Waals surface area (Å²) in [6.45, 7) is 4.08. The lowest BCUT2D eigenvalue weighted by molar-refractivity contribution is 0.102. The Morgan fingerprint density at radius 2 is 1.58 bits per heavy atom. The summed E-state index contributed by atoms with van der Waals surface area (Å²) in [4.78, 5) is 29.1. The number of urea groups is 1. The van der Waals surface area contributed by atoms with Crippen molar-refractivity contribution in [2.75, 3.05) is 10.6 Å². The van der Waals surface area contributed by atoms with Gasteiger partial charge < -0.3 is 16.4 Å². The number of nitrogens with zero attached hydrogens (tertiary/aromatic N) is 1. The van der Waals surface area contributed by atoms with Crippen molar-refractivity contribution in [3.63, 3.8) is 0 Å². The van der Waals surface area contributed by atoms with E-state index in [1.54, 1.807) is 24.3 Å². The molecular formula is C25H22N4O2. The van der Waals surface area contributed by atoms with Crippen LogP contribution in [0.3, 0.4) is 0 Å². The van der Waals surface area contributed by atoms with E-state index in [2.05, 4.69) is 16.7 Å². The molecule has 3 aromatic carbocycles. The number of pyridine rings is 1. The van der Waals surface area contributed by atoms with Crippen LogP contribution >= 0.6 is 0 Å². The van der Waals surface area contributed by atoms with Crippen molar-refractivity contribution in [3.05, 3.63) is 89.5 Å². The van der Waals surface area contributed by atoms with Crippen LogP contribution in [0.5, 0.6) is 0 Å². The summed E-state index contributed by atoms with van der Waals surface area (Å²) in [6.07, 6.45) is 0. The van der Waals surface area contributed by atoms with E-state index < -0.39 is 6.03 Å². The van der Waals surface area contributed by atoms with Gasteiger partial charge in [0.15, 0.2) is 0 Å². The molecule has 0 radical (unpaired) electrons. The van der Waals surface area contributed by atoms with Gasteiger partial charge in [-0.1, -0.05) is 48.0 Å². The molecule has 0 fully saturated rings. The number of para-hydroxylation sites is 1. The minimum absolute atomic E-state index is 0.263. The quantitative estimate of drug-likeness (QED) is 0.428. The highest BCUT2D eigenvalue weighted by Gasteiger charge is 2.15. The average molecular weight is 410 g/mol. The summed E-state index contributed by atoms with van der Waals surface area (Å²) < 4.78 is 0. The lowest BCUT2D eigenvalue weighted by Crippen LogP contribution is -2.19. The zero-order chi connectivity index (χ0) is 22.0. The van der Waals surface area contributed by atoms with E-state index in [1.165, 1.54) is 5.56 Å². The number of carbonyl (C=O) groups is 2. The smallest absolute Gasteiger partial charge is 0.316 e. The zero-order valence-corrected chi connectivity index (χ0v) is 17.3. The molecule has 0 bridgehead atoms. The van der Waals surface area contributed by atoms with Crippen LogP contribution in [0.1, 0.15) is 21.5 Å². The third-order valence-electron chi connectivity index (χ3n) is 5.01. The van der Waals surface area contributed by atoms with Crippen LogP contribution in [0.25, 0.3) is 22.2 Å². The minimum atomic E-state index is -0.665. The number of benzene rings is 3. The van der Waals surface area contributed by atoms with Crippen LogP contribution in [0.15, 0.2) is 72.8 Å². The Kier molecular flexibility index (Phi) is 5.37. The van der Waals surface area contributed by atoms with E-state index in [0.29, 0.717) is 16.9 Å². The molecule has 4 aromatic rings. The SMILES string of the molecule is Cc1ccc(-c2cc(C(=O)Nc3cccc(NC(N)=O)c3)c3ccccc3n2)c(C)c1. The molecule has 0 aliphatic carbocycles. The first-order valence-electron chi connectivity index (χ1n) is 9.86. The summed E-state index contributed by atoms with van der Waals surface area (Å²) in [5, 5.41) is 6.18. The first-order valence-corrected chi connectivity index (χ1v) is 9.86. The summed E-state index contributed by atoms with van der Waals surface area (Å²) in [5.41, 5.74) is 11.5. The van der Waals surface area contributed by atoms with Gasteiger partial charge in [-0.3, -0.25) is 4.79 Å². The predicted octanol–water partition coefficient (Wildman–Crippen LogP) is 5.26. The summed E-state index contributed by atoms with van der Waals surface area (Å²) in [6, 6.07) is 21.7. The third kappa shape index (κ3) is 4.38. The number of nitrogens with one attached hydrogen (secondary N) is 2. The highest BCUT2D eigenvalue weighted by molar-refractivity contribution is 6.13.